The highest BCUT2D eigenvalue weighted by atomic mass is 19.2. The van der Waals surface area contributed by atoms with Crippen molar-refractivity contribution in [1.29, 1.82) is 0 Å². The van der Waals surface area contributed by atoms with Gasteiger partial charge in [-0.3, -0.25) is 0 Å². The first-order valence-electron chi connectivity index (χ1n) is 4.77. The van der Waals surface area contributed by atoms with Crippen molar-refractivity contribution < 1.29 is 18.6 Å². The van der Waals surface area contributed by atoms with Gasteiger partial charge in [0.25, 0.3) is 0 Å². The Kier molecular flexibility index (Phi) is 4.49. The van der Waals surface area contributed by atoms with Crippen LogP contribution in [0.2, 0.25) is 0 Å². The summed E-state index contributed by atoms with van der Waals surface area (Å²) in [4.78, 5) is 0. The smallest absolute Gasteiger partial charge is 0.193 e. The fourth-order valence-corrected chi connectivity index (χ4v) is 1.28. The van der Waals surface area contributed by atoms with Crippen molar-refractivity contribution in [3.63, 3.8) is 0 Å². The molecular formula is C11H14F2O2. The van der Waals surface area contributed by atoms with E-state index in [0.717, 1.165) is 17.9 Å². The molecule has 0 bridgehead atoms. The second-order valence-electron chi connectivity index (χ2n) is 3.43. The minimum Gasteiger partial charge on any atom is -0.498 e. The maximum atomic E-state index is 13.0. The number of aliphatic hydroxyl groups is 1. The fourth-order valence-electron chi connectivity index (χ4n) is 1.28. The van der Waals surface area contributed by atoms with Gasteiger partial charge in [0.2, 0.25) is 0 Å². The van der Waals surface area contributed by atoms with Crippen molar-refractivity contribution in [3.05, 3.63) is 35.6 Å². The lowest BCUT2D eigenvalue weighted by Gasteiger charge is -2.15. The van der Waals surface area contributed by atoms with Crippen LogP contribution in [0.4, 0.5) is 8.78 Å². The zero-order valence-corrected chi connectivity index (χ0v) is 8.54. The molecule has 15 heavy (non-hydrogen) atoms. The van der Waals surface area contributed by atoms with E-state index in [0.29, 0.717) is 6.42 Å². The first kappa shape index (κ1) is 11.9. The van der Waals surface area contributed by atoms with Crippen LogP contribution in [-0.2, 0) is 4.74 Å². The molecule has 1 heterocycles. The Morgan fingerprint density at radius 3 is 2.80 bits per heavy atom. The first-order valence-corrected chi connectivity index (χ1v) is 4.77. The van der Waals surface area contributed by atoms with Crippen molar-refractivity contribution in [3.8, 4) is 0 Å². The Balaban J connectivity index is 2.89. The largest absolute Gasteiger partial charge is 0.498 e. The van der Waals surface area contributed by atoms with Crippen molar-refractivity contribution in [2.75, 3.05) is 13.2 Å². The van der Waals surface area contributed by atoms with Gasteiger partial charge in [-0.2, -0.15) is 0 Å². The summed E-state index contributed by atoms with van der Waals surface area (Å²) in [5.74, 6) is -2.04. The highest BCUT2D eigenvalue weighted by Crippen LogP contribution is 2.19. The third kappa shape index (κ3) is 3.47. The van der Waals surface area contributed by atoms with E-state index < -0.39 is 11.7 Å². The molecule has 1 atom stereocenters. The molecular weight excluding hydrogens is 202 g/mol. The number of aliphatic hydroxyl groups excluding tert-OH is 1. The van der Waals surface area contributed by atoms with E-state index >= 15 is 0 Å². The lowest BCUT2D eigenvalue weighted by atomic mass is 9.97. The molecule has 0 aromatic rings. The Morgan fingerprint density at radius 2 is 2.13 bits per heavy atom. The number of halogens is 2. The van der Waals surface area contributed by atoms with Crippen molar-refractivity contribution >= 4 is 0 Å². The third-order valence-corrected chi connectivity index (χ3v) is 2.36. The summed E-state index contributed by atoms with van der Waals surface area (Å²) >= 11 is 0. The Bertz CT molecular complexity index is 306. The van der Waals surface area contributed by atoms with Gasteiger partial charge in [-0.15, -0.1) is 0 Å². The highest BCUT2D eigenvalue weighted by molar-refractivity contribution is 5.25. The molecule has 0 saturated carbocycles. The molecule has 4 heteroatoms. The zero-order valence-electron chi connectivity index (χ0n) is 8.54. The monoisotopic (exact) mass is 216 g/mol. The van der Waals surface area contributed by atoms with Crippen LogP contribution in [0.5, 0.6) is 0 Å². The molecule has 0 radical (unpaired) electrons. The quantitative estimate of drug-likeness (QED) is 0.730. The SMILES string of the molecule is C\C1=C/C=C(F)\C(F)=C\OCC[C@H]1CO. The molecule has 0 fully saturated rings. The van der Waals surface area contributed by atoms with E-state index in [2.05, 4.69) is 0 Å². The van der Waals surface area contributed by atoms with Crippen LogP contribution in [0.1, 0.15) is 13.3 Å². The van der Waals surface area contributed by atoms with Gasteiger partial charge in [-0.05, 0) is 19.4 Å². The lowest BCUT2D eigenvalue weighted by Crippen LogP contribution is -2.10. The lowest BCUT2D eigenvalue weighted by molar-refractivity contribution is 0.183. The zero-order chi connectivity index (χ0) is 11.3. The average molecular weight is 216 g/mol. The normalized spacial score (nSPS) is 33.9. The summed E-state index contributed by atoms with van der Waals surface area (Å²) in [6.07, 6.45) is 3.86. The summed E-state index contributed by atoms with van der Waals surface area (Å²) in [6, 6.07) is 0. The third-order valence-electron chi connectivity index (χ3n) is 2.36. The van der Waals surface area contributed by atoms with E-state index in [1.54, 1.807) is 6.92 Å². The van der Waals surface area contributed by atoms with Crippen molar-refractivity contribution in [1.82, 2.24) is 0 Å². The van der Waals surface area contributed by atoms with Crippen LogP contribution < -0.4 is 0 Å². The average Bonchev–Trinajstić information content (AvgIpc) is 2.24. The molecule has 1 rings (SSSR count). The number of ether oxygens (including phenoxy) is 1. The molecule has 0 saturated heterocycles. The van der Waals surface area contributed by atoms with Crippen LogP contribution in [0.3, 0.4) is 0 Å². The van der Waals surface area contributed by atoms with Gasteiger partial charge in [0, 0.05) is 12.5 Å². The minimum absolute atomic E-state index is 0.0205. The van der Waals surface area contributed by atoms with Gasteiger partial charge in [0.05, 0.1) is 6.61 Å². The summed E-state index contributed by atoms with van der Waals surface area (Å²) in [5.41, 5.74) is 0.811. The molecule has 0 aromatic heterocycles. The molecule has 0 spiro atoms. The molecule has 84 valence electrons. The predicted molar refractivity (Wildman–Crippen MR) is 53.3 cm³/mol. The summed E-state index contributed by atoms with van der Waals surface area (Å²) in [7, 11) is 0. The van der Waals surface area contributed by atoms with Gasteiger partial charge in [-0.25, -0.2) is 8.78 Å². The number of allylic oxidation sites excluding steroid dienone is 4. The van der Waals surface area contributed by atoms with E-state index in [1.807, 2.05) is 0 Å². The topological polar surface area (TPSA) is 29.5 Å². The Morgan fingerprint density at radius 1 is 1.40 bits per heavy atom. The van der Waals surface area contributed by atoms with Crippen LogP contribution in [0.25, 0.3) is 0 Å². The second kappa shape index (κ2) is 5.66. The molecule has 0 amide bonds. The van der Waals surface area contributed by atoms with E-state index in [1.165, 1.54) is 6.08 Å². The summed E-state index contributed by atoms with van der Waals surface area (Å²) in [6.45, 7) is 2.01. The Labute approximate surface area is 87.6 Å². The van der Waals surface area contributed by atoms with Gasteiger partial charge in [0.1, 0.15) is 6.26 Å². The molecule has 2 nitrogen and oxygen atoms in total. The van der Waals surface area contributed by atoms with Gasteiger partial charge >= 0.3 is 0 Å². The molecule has 0 aliphatic carbocycles. The van der Waals surface area contributed by atoms with Gasteiger partial charge in [-0.1, -0.05) is 11.6 Å². The maximum Gasteiger partial charge on any atom is 0.193 e. The van der Waals surface area contributed by atoms with E-state index in [-0.39, 0.29) is 19.1 Å². The molecule has 0 aromatic carbocycles. The number of rotatable bonds is 1. The van der Waals surface area contributed by atoms with Crippen LogP contribution in [0.15, 0.2) is 35.6 Å². The van der Waals surface area contributed by atoms with Gasteiger partial charge < -0.3 is 9.84 Å². The van der Waals surface area contributed by atoms with Crippen LogP contribution >= 0.6 is 0 Å². The fraction of sp³-hybridized carbons (Fsp3) is 0.455. The predicted octanol–water partition coefficient (Wildman–Crippen LogP) is 2.63. The van der Waals surface area contributed by atoms with E-state index in [4.69, 9.17) is 9.84 Å². The maximum absolute atomic E-state index is 13.0. The number of hydrogen-bond donors (Lipinski definition) is 1. The molecule has 1 aliphatic rings. The standard InChI is InChI=1S/C11H14F2O2/c1-8-2-3-10(12)11(13)7-15-5-4-9(8)6-14/h2-3,7,9,14H,4-6H2,1H3/b8-2+,10-3+,11-7-/t9-/m0/s1. The van der Waals surface area contributed by atoms with Gasteiger partial charge in [0.15, 0.2) is 11.7 Å². The molecule has 1 N–H and O–H groups in total. The Hall–Kier alpha value is -1.16. The summed E-state index contributed by atoms with van der Waals surface area (Å²) < 4.78 is 30.6. The van der Waals surface area contributed by atoms with Crippen molar-refractivity contribution in [2.24, 2.45) is 5.92 Å². The second-order valence-corrected chi connectivity index (χ2v) is 3.43. The number of hydrogen-bond acceptors (Lipinski definition) is 2. The summed E-state index contributed by atoms with van der Waals surface area (Å²) in [5, 5.41) is 9.06. The minimum atomic E-state index is -1.01. The first-order chi connectivity index (χ1) is 7.15. The van der Waals surface area contributed by atoms with Crippen LogP contribution in [0, 0.1) is 5.92 Å². The van der Waals surface area contributed by atoms with Crippen molar-refractivity contribution in [2.45, 2.75) is 13.3 Å². The molecule has 1 aliphatic heterocycles. The van der Waals surface area contributed by atoms with Crippen LogP contribution in [-0.4, -0.2) is 18.3 Å². The van der Waals surface area contributed by atoms with E-state index in [9.17, 15) is 8.78 Å². The highest BCUT2D eigenvalue weighted by Gasteiger charge is 2.11. The molecule has 0 unspecified atom stereocenters.